The third kappa shape index (κ3) is 4.54. The van der Waals surface area contributed by atoms with Gasteiger partial charge in [0.1, 0.15) is 0 Å². The maximum absolute atomic E-state index is 4.19. The fourth-order valence-corrected chi connectivity index (χ4v) is 6.80. The first-order valence-corrected chi connectivity index (χ1v) is 15.1. The Morgan fingerprint density at radius 2 is 1.07 bits per heavy atom. The van der Waals surface area contributed by atoms with Crippen molar-refractivity contribution in [1.29, 1.82) is 0 Å². The number of fused-ring (bicyclic) bond motifs is 3. The van der Waals surface area contributed by atoms with Crippen molar-refractivity contribution in [1.82, 2.24) is 4.98 Å². The molecule has 7 aromatic rings. The highest BCUT2D eigenvalue weighted by Gasteiger charge is 2.17. The van der Waals surface area contributed by atoms with Gasteiger partial charge in [-0.2, -0.15) is 0 Å². The van der Waals surface area contributed by atoms with Crippen LogP contribution in [-0.2, 0) is 0 Å². The van der Waals surface area contributed by atoms with Crippen LogP contribution in [0.15, 0.2) is 146 Å². The Morgan fingerprint density at radius 1 is 0.512 bits per heavy atom. The van der Waals surface area contributed by atoms with E-state index in [0.717, 1.165) is 12.8 Å². The van der Waals surface area contributed by atoms with E-state index in [4.69, 9.17) is 0 Å². The fourth-order valence-electron chi connectivity index (χ4n) is 6.80. The smallest absolute Gasteiger partial charge is 0.0273 e. The summed E-state index contributed by atoms with van der Waals surface area (Å²) in [4.78, 5) is 4.19. The van der Waals surface area contributed by atoms with Crippen LogP contribution in [0.3, 0.4) is 0 Å². The SMILES string of the molecule is Cc1ccc2cc(-c3c4ccccc4c(-c4ccc(C5=CC(c6ccncc6)=CCC5)cc4)c4ccccc34)ccc2c1. The molecule has 0 amide bonds. The molecule has 1 aliphatic rings. The van der Waals surface area contributed by atoms with Gasteiger partial charge in [0, 0.05) is 12.4 Å². The number of hydrogen-bond acceptors (Lipinski definition) is 1. The van der Waals surface area contributed by atoms with Crippen molar-refractivity contribution in [2.45, 2.75) is 19.8 Å². The lowest BCUT2D eigenvalue weighted by Crippen LogP contribution is -1.94. The minimum Gasteiger partial charge on any atom is -0.265 e. The second-order valence-electron chi connectivity index (χ2n) is 11.6. The first kappa shape index (κ1) is 25.4. The number of nitrogens with zero attached hydrogens (tertiary/aromatic N) is 1. The molecule has 1 aliphatic carbocycles. The zero-order valence-electron chi connectivity index (χ0n) is 24.2. The van der Waals surface area contributed by atoms with E-state index in [1.165, 1.54) is 82.4 Å². The largest absolute Gasteiger partial charge is 0.265 e. The van der Waals surface area contributed by atoms with Gasteiger partial charge in [0.15, 0.2) is 0 Å². The van der Waals surface area contributed by atoms with Crippen LogP contribution in [0.1, 0.15) is 29.5 Å². The molecule has 0 unspecified atom stereocenters. The van der Waals surface area contributed by atoms with Gasteiger partial charge in [-0.15, -0.1) is 0 Å². The number of benzene rings is 6. The summed E-state index contributed by atoms with van der Waals surface area (Å²) in [5, 5.41) is 7.70. The van der Waals surface area contributed by atoms with Gasteiger partial charge in [-0.05, 0) is 115 Å². The van der Waals surface area contributed by atoms with Crippen LogP contribution in [0.2, 0.25) is 0 Å². The molecule has 6 aromatic carbocycles. The zero-order chi connectivity index (χ0) is 28.8. The van der Waals surface area contributed by atoms with Crippen molar-refractivity contribution >= 4 is 43.5 Å². The van der Waals surface area contributed by atoms with E-state index in [1.54, 1.807) is 0 Å². The average Bonchev–Trinajstić information content (AvgIpc) is 3.07. The lowest BCUT2D eigenvalue weighted by atomic mass is 9.85. The van der Waals surface area contributed by atoms with Gasteiger partial charge >= 0.3 is 0 Å². The second kappa shape index (κ2) is 10.5. The van der Waals surface area contributed by atoms with Crippen molar-refractivity contribution in [2.75, 3.05) is 0 Å². The van der Waals surface area contributed by atoms with E-state index in [0.29, 0.717) is 0 Å². The van der Waals surface area contributed by atoms with E-state index in [2.05, 4.69) is 145 Å². The van der Waals surface area contributed by atoms with Crippen LogP contribution in [0.5, 0.6) is 0 Å². The molecule has 0 N–H and O–H groups in total. The molecule has 0 radical (unpaired) electrons. The number of allylic oxidation sites excluding steroid dienone is 4. The summed E-state index contributed by atoms with van der Waals surface area (Å²) in [6, 6.07) is 44.8. The molecule has 0 saturated heterocycles. The molecule has 0 atom stereocenters. The van der Waals surface area contributed by atoms with E-state index < -0.39 is 0 Å². The first-order chi connectivity index (χ1) is 21.2. The van der Waals surface area contributed by atoms with E-state index in [-0.39, 0.29) is 0 Å². The zero-order valence-corrected chi connectivity index (χ0v) is 24.2. The molecular formula is C42H31N. The van der Waals surface area contributed by atoms with E-state index in [9.17, 15) is 0 Å². The highest BCUT2D eigenvalue weighted by atomic mass is 14.6. The van der Waals surface area contributed by atoms with Crippen LogP contribution in [-0.4, -0.2) is 4.98 Å². The Bertz CT molecular complexity index is 2160. The number of hydrogen-bond donors (Lipinski definition) is 0. The molecule has 1 nitrogen and oxygen atoms in total. The Kier molecular flexibility index (Phi) is 6.23. The molecule has 0 aliphatic heterocycles. The number of aryl methyl sites for hydroxylation is 1. The van der Waals surface area contributed by atoms with Crippen molar-refractivity contribution in [3.63, 3.8) is 0 Å². The van der Waals surface area contributed by atoms with Gasteiger partial charge in [0.2, 0.25) is 0 Å². The molecule has 0 bridgehead atoms. The fraction of sp³-hybridized carbons (Fsp3) is 0.0714. The topological polar surface area (TPSA) is 12.9 Å². The van der Waals surface area contributed by atoms with Crippen molar-refractivity contribution in [3.05, 3.63) is 163 Å². The summed E-state index contributed by atoms with van der Waals surface area (Å²) in [6.45, 7) is 2.16. The van der Waals surface area contributed by atoms with E-state index in [1.807, 2.05) is 12.4 Å². The highest BCUT2D eigenvalue weighted by Crippen LogP contribution is 2.44. The van der Waals surface area contributed by atoms with Crippen LogP contribution >= 0.6 is 0 Å². The molecule has 1 heteroatoms. The highest BCUT2D eigenvalue weighted by molar-refractivity contribution is 6.21. The Balaban J connectivity index is 1.27. The Hall–Kier alpha value is -5.27. The second-order valence-corrected chi connectivity index (χ2v) is 11.6. The molecule has 1 aromatic heterocycles. The quantitative estimate of drug-likeness (QED) is 0.199. The maximum atomic E-state index is 4.19. The third-order valence-corrected chi connectivity index (χ3v) is 8.88. The predicted molar refractivity (Wildman–Crippen MR) is 184 cm³/mol. The molecule has 43 heavy (non-hydrogen) atoms. The molecular weight excluding hydrogens is 518 g/mol. The average molecular weight is 550 g/mol. The van der Waals surface area contributed by atoms with Crippen LogP contribution in [0.25, 0.3) is 65.7 Å². The summed E-state index contributed by atoms with van der Waals surface area (Å²) in [5.41, 5.74) is 11.6. The Morgan fingerprint density at radius 3 is 1.74 bits per heavy atom. The van der Waals surface area contributed by atoms with Gasteiger partial charge in [-0.3, -0.25) is 4.98 Å². The monoisotopic (exact) mass is 549 g/mol. The van der Waals surface area contributed by atoms with Gasteiger partial charge in [0.05, 0.1) is 0 Å². The summed E-state index contributed by atoms with van der Waals surface area (Å²) >= 11 is 0. The Labute approximate surface area is 252 Å². The van der Waals surface area contributed by atoms with Gasteiger partial charge < -0.3 is 0 Å². The standard InChI is InChI=1S/C42H31N/c1-28-13-14-35-27-36(20-19-34(35)25-28)42-39-11-4-2-9-37(39)41(38-10-3-5-12-40(38)42)31-17-15-29(16-18-31)32-7-6-8-33(26-32)30-21-23-43-24-22-30/h2-5,8-27H,6-7H2,1H3. The number of rotatable bonds is 4. The van der Waals surface area contributed by atoms with Crippen molar-refractivity contribution in [2.24, 2.45) is 0 Å². The van der Waals surface area contributed by atoms with Gasteiger partial charge in [-0.1, -0.05) is 121 Å². The summed E-state index contributed by atoms with van der Waals surface area (Å²) in [5.74, 6) is 0. The lowest BCUT2D eigenvalue weighted by Gasteiger charge is -2.19. The summed E-state index contributed by atoms with van der Waals surface area (Å²) in [6.07, 6.45) is 10.5. The third-order valence-electron chi connectivity index (χ3n) is 8.88. The number of pyridine rings is 1. The van der Waals surface area contributed by atoms with Gasteiger partial charge in [-0.25, -0.2) is 0 Å². The molecule has 0 saturated carbocycles. The molecule has 0 fully saturated rings. The van der Waals surface area contributed by atoms with Crippen LogP contribution < -0.4 is 0 Å². The summed E-state index contributed by atoms with van der Waals surface area (Å²) < 4.78 is 0. The van der Waals surface area contributed by atoms with Crippen LogP contribution in [0, 0.1) is 6.92 Å². The molecule has 0 spiro atoms. The minimum absolute atomic E-state index is 1.05. The molecule has 8 rings (SSSR count). The normalized spacial score (nSPS) is 13.3. The minimum atomic E-state index is 1.05. The number of aromatic nitrogens is 1. The predicted octanol–water partition coefficient (Wildman–Crippen LogP) is 11.4. The van der Waals surface area contributed by atoms with Crippen LogP contribution in [0.4, 0.5) is 0 Å². The summed E-state index contributed by atoms with van der Waals surface area (Å²) in [7, 11) is 0. The van der Waals surface area contributed by atoms with Crippen molar-refractivity contribution in [3.8, 4) is 22.3 Å². The molecule has 204 valence electrons. The molecule has 1 heterocycles. The van der Waals surface area contributed by atoms with Crippen molar-refractivity contribution < 1.29 is 0 Å². The first-order valence-electron chi connectivity index (χ1n) is 15.1. The lowest BCUT2D eigenvalue weighted by molar-refractivity contribution is 1.06. The maximum Gasteiger partial charge on any atom is 0.0273 e. The van der Waals surface area contributed by atoms with E-state index >= 15 is 0 Å². The van der Waals surface area contributed by atoms with Gasteiger partial charge in [0.25, 0.3) is 0 Å².